The molecular formula is C47H34F16N4O13. The number of carboxylic acids is 1. The second-order valence-electron chi connectivity index (χ2n) is 14.4. The minimum atomic E-state index is -5.28. The largest absolute Gasteiger partial charge is 0.573 e. The summed E-state index contributed by atoms with van der Waals surface area (Å²) in [6.45, 7) is 0. The number of aromatic carboxylic acids is 1. The first-order valence-corrected chi connectivity index (χ1v) is 20.4. The van der Waals surface area contributed by atoms with Gasteiger partial charge in [0.05, 0.1) is 63.3 Å². The van der Waals surface area contributed by atoms with Crippen LogP contribution in [-0.2, 0) is 21.8 Å². The Kier molecular flexibility index (Phi) is 21.3. The van der Waals surface area contributed by atoms with Gasteiger partial charge in [0.1, 0.15) is 34.0 Å². The van der Waals surface area contributed by atoms with Gasteiger partial charge in [0, 0.05) is 0 Å². The molecule has 0 unspecified atom stereocenters. The SMILES string of the molecule is C.COC(=O)c1ccc(N)cn1.COC(=O)c1ccc(NC(=O)c2c(Oc3ccc(OC(F)(F)F)c(F)c3OC)ccc(C(F)(F)F)c2F)cn1.COc1c(Oc2ccc(C(F)(F)F)c(F)c2C(=O)O)ccc(OC(F)(F)F)c1F. The van der Waals surface area contributed by atoms with Crippen molar-refractivity contribution in [1.82, 2.24) is 9.97 Å². The average molecular weight is 1170 g/mol. The number of amides is 1. The predicted molar refractivity (Wildman–Crippen MR) is 239 cm³/mol. The smallest absolute Gasteiger partial charge is 0.490 e. The molecular weight excluding hydrogens is 1130 g/mol. The molecule has 0 aliphatic rings. The van der Waals surface area contributed by atoms with Crippen molar-refractivity contribution in [3.8, 4) is 46.0 Å². The van der Waals surface area contributed by atoms with E-state index in [9.17, 15) is 85.0 Å². The van der Waals surface area contributed by atoms with Crippen molar-refractivity contribution in [3.63, 3.8) is 0 Å². The molecule has 6 rings (SSSR count). The highest BCUT2D eigenvalue weighted by Gasteiger charge is 2.40. The molecule has 432 valence electrons. The standard InChI is InChI=1S/C23H14F8N2O6.C16H8F8O5.C7H8N2O2.CH4/c1-36-19-15(8-7-14(18(19)25)39-23(29,30)31)38-13-6-4-11(22(26,27)28)17(24)16(13)20(34)33-10-3-5-12(32-9-10)21(35)37-2;1-27-13-9(5-4-8(12(13)18)29-16(22,23)24)28-7-3-2-6(15(19,20)21)11(17)10(7)14(25)26;1-11-7(10)6-3-2-5(8)4-9-6;/h3-9H,1-2H3,(H,33,34);2-5H,1H3,(H,25,26);2-4H,8H2,1H3;1H4. The fourth-order valence-corrected chi connectivity index (χ4v) is 5.88. The van der Waals surface area contributed by atoms with Crippen LogP contribution in [0.25, 0.3) is 0 Å². The molecule has 2 heterocycles. The van der Waals surface area contributed by atoms with E-state index in [4.69, 9.17) is 20.3 Å². The number of halogens is 16. The van der Waals surface area contributed by atoms with Crippen LogP contribution in [-0.4, -0.2) is 80.1 Å². The molecule has 33 heteroatoms. The van der Waals surface area contributed by atoms with Gasteiger partial charge in [-0.3, -0.25) is 4.79 Å². The maximum atomic E-state index is 15.0. The molecule has 17 nitrogen and oxygen atoms in total. The number of ether oxygens (including phenoxy) is 8. The van der Waals surface area contributed by atoms with E-state index in [-0.39, 0.29) is 36.6 Å². The van der Waals surface area contributed by atoms with E-state index in [1.165, 1.54) is 19.4 Å². The van der Waals surface area contributed by atoms with Crippen LogP contribution < -0.4 is 39.5 Å². The molecule has 0 saturated carbocycles. The summed E-state index contributed by atoms with van der Waals surface area (Å²) in [5, 5.41) is 11.1. The molecule has 0 bridgehead atoms. The summed E-state index contributed by atoms with van der Waals surface area (Å²) in [6, 6.07) is 8.99. The van der Waals surface area contributed by atoms with Crippen LogP contribution in [0.15, 0.2) is 85.2 Å². The van der Waals surface area contributed by atoms with Gasteiger partial charge in [-0.25, -0.2) is 33.1 Å². The van der Waals surface area contributed by atoms with Gasteiger partial charge >= 0.3 is 43.0 Å². The number of esters is 2. The van der Waals surface area contributed by atoms with Crippen molar-refractivity contribution in [2.75, 3.05) is 39.5 Å². The van der Waals surface area contributed by atoms with Gasteiger partial charge in [-0.2, -0.15) is 35.1 Å². The van der Waals surface area contributed by atoms with Crippen LogP contribution in [0.3, 0.4) is 0 Å². The first-order chi connectivity index (χ1) is 36.7. The summed E-state index contributed by atoms with van der Waals surface area (Å²) in [7, 11) is 4.03. The van der Waals surface area contributed by atoms with Gasteiger partial charge in [0.15, 0.2) is 34.6 Å². The first kappa shape index (κ1) is 64.8. The zero-order valence-corrected chi connectivity index (χ0v) is 39.4. The summed E-state index contributed by atoms with van der Waals surface area (Å²) >= 11 is 0. The average Bonchev–Trinajstić information content (AvgIpc) is 3.34. The Labute approximate surface area is 437 Å². The zero-order valence-electron chi connectivity index (χ0n) is 39.4. The molecule has 1 amide bonds. The lowest BCUT2D eigenvalue weighted by molar-refractivity contribution is -0.276. The Morgan fingerprint density at radius 3 is 1.21 bits per heavy atom. The molecule has 2 aromatic heterocycles. The van der Waals surface area contributed by atoms with E-state index < -0.39 is 140 Å². The zero-order chi connectivity index (χ0) is 59.5. The van der Waals surface area contributed by atoms with E-state index >= 15 is 4.39 Å². The number of aromatic nitrogens is 2. The lowest BCUT2D eigenvalue weighted by Gasteiger charge is -2.18. The molecule has 0 aliphatic carbocycles. The van der Waals surface area contributed by atoms with E-state index in [1.54, 1.807) is 6.07 Å². The van der Waals surface area contributed by atoms with E-state index in [2.05, 4.69) is 43.7 Å². The first-order valence-electron chi connectivity index (χ1n) is 20.4. The van der Waals surface area contributed by atoms with Crippen molar-refractivity contribution < 1.29 is 132 Å². The fourth-order valence-electron chi connectivity index (χ4n) is 5.88. The Bertz CT molecular complexity index is 3190. The number of carboxylic acid groups (broad SMARTS) is 1. The minimum absolute atomic E-state index is 0. The van der Waals surface area contributed by atoms with Crippen molar-refractivity contribution in [2.24, 2.45) is 0 Å². The molecule has 4 N–H and O–H groups in total. The van der Waals surface area contributed by atoms with Gasteiger partial charge in [0.2, 0.25) is 23.1 Å². The summed E-state index contributed by atoms with van der Waals surface area (Å²) in [4.78, 5) is 53.8. The van der Waals surface area contributed by atoms with Crippen molar-refractivity contribution in [2.45, 2.75) is 32.5 Å². The lowest BCUT2D eigenvalue weighted by atomic mass is 10.1. The van der Waals surface area contributed by atoms with Crippen molar-refractivity contribution in [3.05, 3.63) is 142 Å². The number of pyridine rings is 2. The number of alkyl halides is 12. The minimum Gasteiger partial charge on any atom is -0.490 e. The normalized spacial score (nSPS) is 11.2. The monoisotopic (exact) mass is 1170 g/mol. The number of benzene rings is 4. The maximum absolute atomic E-state index is 15.0. The number of nitrogens with two attached hydrogens (primary N) is 1. The second-order valence-corrected chi connectivity index (χ2v) is 14.4. The third-order valence-corrected chi connectivity index (χ3v) is 9.21. The highest BCUT2D eigenvalue weighted by molar-refractivity contribution is 6.06. The molecule has 0 radical (unpaired) electrons. The summed E-state index contributed by atoms with van der Waals surface area (Å²) in [5.74, 6) is -20.6. The van der Waals surface area contributed by atoms with Gasteiger partial charge in [-0.15, -0.1) is 26.3 Å². The van der Waals surface area contributed by atoms with Crippen molar-refractivity contribution in [1.29, 1.82) is 0 Å². The quantitative estimate of drug-likeness (QED) is 0.0722. The molecule has 0 fully saturated rings. The number of rotatable bonds is 13. The summed E-state index contributed by atoms with van der Waals surface area (Å²) in [6.07, 6.45) is -18.7. The van der Waals surface area contributed by atoms with Crippen LogP contribution in [0.1, 0.15) is 60.2 Å². The number of hydrogen-bond donors (Lipinski definition) is 3. The molecule has 0 aliphatic heterocycles. The maximum Gasteiger partial charge on any atom is 0.573 e. The van der Waals surface area contributed by atoms with Crippen LogP contribution in [0.4, 0.5) is 81.6 Å². The fraction of sp³-hybridized carbons (Fsp3) is 0.191. The number of anilines is 2. The number of hydrogen-bond acceptors (Lipinski definition) is 15. The van der Waals surface area contributed by atoms with Crippen LogP contribution in [0.5, 0.6) is 46.0 Å². The number of methoxy groups -OCH3 is 4. The number of nitrogens with zero attached hydrogens (tertiary/aromatic N) is 2. The van der Waals surface area contributed by atoms with E-state index in [0.717, 1.165) is 39.7 Å². The predicted octanol–water partition coefficient (Wildman–Crippen LogP) is 12.6. The van der Waals surface area contributed by atoms with E-state index in [1.807, 2.05) is 0 Å². The van der Waals surface area contributed by atoms with Gasteiger partial charge < -0.3 is 54.1 Å². The highest BCUT2D eigenvalue weighted by Crippen LogP contribution is 2.45. The number of carbonyl (C=O) groups excluding carboxylic acids is 3. The summed E-state index contributed by atoms with van der Waals surface area (Å²) < 4.78 is 246. The number of nitrogen functional groups attached to an aromatic ring is 1. The summed E-state index contributed by atoms with van der Waals surface area (Å²) in [5.41, 5.74) is -0.811. The molecule has 6 aromatic rings. The van der Waals surface area contributed by atoms with E-state index in [0.29, 0.717) is 42.1 Å². The molecule has 0 saturated heterocycles. The number of carbonyl (C=O) groups is 4. The van der Waals surface area contributed by atoms with Crippen LogP contribution in [0, 0.1) is 23.3 Å². The van der Waals surface area contributed by atoms with Gasteiger partial charge in [-0.1, -0.05) is 7.43 Å². The molecule has 0 atom stereocenters. The Balaban J connectivity index is 0.000000358. The second kappa shape index (κ2) is 26.3. The highest BCUT2D eigenvalue weighted by atomic mass is 19.4. The Morgan fingerprint density at radius 2 is 0.875 bits per heavy atom. The van der Waals surface area contributed by atoms with Crippen LogP contribution >= 0.6 is 0 Å². The Morgan fingerprint density at radius 1 is 0.500 bits per heavy atom. The van der Waals surface area contributed by atoms with Crippen molar-refractivity contribution >= 4 is 35.2 Å². The van der Waals surface area contributed by atoms with Gasteiger partial charge in [0.25, 0.3) is 5.91 Å². The lowest BCUT2D eigenvalue weighted by Crippen LogP contribution is -2.19. The number of nitrogens with one attached hydrogen (secondary N) is 1. The third kappa shape index (κ3) is 16.8. The third-order valence-electron chi connectivity index (χ3n) is 9.21. The molecule has 0 spiro atoms. The molecule has 80 heavy (non-hydrogen) atoms. The molecule has 4 aromatic carbocycles. The van der Waals surface area contributed by atoms with Gasteiger partial charge in [-0.05, 0) is 72.8 Å². The topological polar surface area (TPSA) is 226 Å². The van der Waals surface area contributed by atoms with Crippen LogP contribution in [0.2, 0.25) is 0 Å². The Hall–Kier alpha value is -9.46.